The first-order chi connectivity index (χ1) is 16.8. The van der Waals surface area contributed by atoms with Crippen LogP contribution in [0.15, 0.2) is 30.3 Å². The van der Waals surface area contributed by atoms with Crippen LogP contribution in [0.2, 0.25) is 5.02 Å². The number of aromatic nitrogens is 1. The fourth-order valence-electron chi connectivity index (χ4n) is 7.97. The molecule has 0 saturated heterocycles. The standard InChI is InChI=1S/C29H35ClN2O2S/c1-4-25(33)34-24-12-11-20-19-9-10-22-26-23(14-16-28(22,2)21(19)13-15-29(20,24)3)32-27(35-26)31-18-7-5-17(30)6-8-18/h5-8,10,19-21,24H,4,9,11-16H2,1-3H3,(H,31,32)/t19-,20-,21-,24-,28+,29-/m0/s1. The average Bonchev–Trinajstić information content (AvgIpc) is 3.40. The lowest BCUT2D eigenvalue weighted by Gasteiger charge is -2.56. The van der Waals surface area contributed by atoms with Crippen molar-refractivity contribution in [3.05, 3.63) is 45.9 Å². The van der Waals surface area contributed by atoms with Crippen molar-refractivity contribution >= 4 is 45.3 Å². The lowest BCUT2D eigenvalue weighted by atomic mass is 9.48. The van der Waals surface area contributed by atoms with Gasteiger partial charge in [-0.1, -0.05) is 49.8 Å². The summed E-state index contributed by atoms with van der Waals surface area (Å²) in [6.07, 6.45) is 11.1. The molecular weight excluding hydrogens is 476 g/mol. The first kappa shape index (κ1) is 23.5. The van der Waals surface area contributed by atoms with Gasteiger partial charge in [0.1, 0.15) is 6.10 Å². The Hall–Kier alpha value is -1.85. The number of halogens is 1. The molecule has 6 heteroatoms. The number of ether oxygens (including phenoxy) is 1. The molecule has 6 rings (SSSR count). The number of carbonyl (C=O) groups is 1. The molecule has 0 radical (unpaired) electrons. The predicted molar refractivity (Wildman–Crippen MR) is 143 cm³/mol. The van der Waals surface area contributed by atoms with Crippen LogP contribution in [0.1, 0.15) is 76.3 Å². The van der Waals surface area contributed by atoms with Gasteiger partial charge in [0.05, 0.1) is 10.6 Å². The van der Waals surface area contributed by atoms with E-state index < -0.39 is 0 Å². The van der Waals surface area contributed by atoms with Crippen LogP contribution in [-0.2, 0) is 16.0 Å². The topological polar surface area (TPSA) is 51.2 Å². The summed E-state index contributed by atoms with van der Waals surface area (Å²) in [5.74, 6) is 2.00. The lowest BCUT2D eigenvalue weighted by molar-refractivity contribution is -0.158. The van der Waals surface area contributed by atoms with Crippen LogP contribution in [0.5, 0.6) is 0 Å². The minimum atomic E-state index is -0.0372. The summed E-state index contributed by atoms with van der Waals surface area (Å²) in [6, 6.07) is 7.82. The Kier molecular flexibility index (Phi) is 5.80. The molecule has 0 unspecified atom stereocenters. The molecule has 1 N–H and O–H groups in total. The van der Waals surface area contributed by atoms with Crippen LogP contribution in [0.3, 0.4) is 0 Å². The zero-order valence-corrected chi connectivity index (χ0v) is 22.5. The van der Waals surface area contributed by atoms with Crippen molar-refractivity contribution < 1.29 is 9.53 Å². The monoisotopic (exact) mass is 510 g/mol. The first-order valence-corrected chi connectivity index (χ1v) is 14.4. The Labute approximate surface area is 217 Å². The van der Waals surface area contributed by atoms with Gasteiger partial charge < -0.3 is 10.1 Å². The number of anilines is 2. The van der Waals surface area contributed by atoms with E-state index in [1.165, 1.54) is 41.8 Å². The molecule has 4 nitrogen and oxygen atoms in total. The minimum absolute atomic E-state index is 0.0372. The number of carbonyl (C=O) groups excluding carboxylic acids is 1. The molecule has 1 heterocycles. The number of rotatable bonds is 4. The van der Waals surface area contributed by atoms with Crippen molar-refractivity contribution in [2.24, 2.45) is 28.6 Å². The number of hydrogen-bond acceptors (Lipinski definition) is 5. The second kappa shape index (κ2) is 8.62. The number of benzene rings is 1. The van der Waals surface area contributed by atoms with Crippen LogP contribution in [0, 0.1) is 28.6 Å². The number of nitrogens with one attached hydrogen (secondary N) is 1. The average molecular weight is 511 g/mol. The van der Waals surface area contributed by atoms with Crippen LogP contribution >= 0.6 is 22.9 Å². The van der Waals surface area contributed by atoms with Gasteiger partial charge in [-0.25, -0.2) is 4.98 Å². The molecule has 6 atom stereocenters. The van der Waals surface area contributed by atoms with E-state index in [1.807, 2.05) is 31.2 Å². The van der Waals surface area contributed by atoms with Crippen molar-refractivity contribution in [2.45, 2.75) is 78.2 Å². The third kappa shape index (κ3) is 3.76. The van der Waals surface area contributed by atoms with Gasteiger partial charge in [-0.15, -0.1) is 0 Å². The van der Waals surface area contributed by atoms with E-state index in [0.29, 0.717) is 24.2 Å². The molecule has 0 amide bonds. The molecule has 4 aliphatic rings. The summed E-state index contributed by atoms with van der Waals surface area (Å²) in [7, 11) is 0. The van der Waals surface area contributed by atoms with Crippen molar-refractivity contribution in [3.8, 4) is 0 Å². The van der Waals surface area contributed by atoms with Gasteiger partial charge in [0.25, 0.3) is 0 Å². The normalized spacial score (nSPS) is 35.3. The van der Waals surface area contributed by atoms with Crippen LogP contribution in [0.4, 0.5) is 10.8 Å². The molecule has 35 heavy (non-hydrogen) atoms. The number of thiazole rings is 1. The molecular formula is C29H35ClN2O2S. The lowest BCUT2D eigenvalue weighted by Crippen LogP contribution is -2.50. The maximum atomic E-state index is 12.1. The number of allylic oxidation sites excluding steroid dienone is 2. The Morgan fingerprint density at radius 2 is 1.97 bits per heavy atom. The molecule has 186 valence electrons. The van der Waals surface area contributed by atoms with Gasteiger partial charge in [0, 0.05) is 22.5 Å². The molecule has 2 aromatic rings. The third-order valence-electron chi connectivity index (χ3n) is 9.86. The summed E-state index contributed by atoms with van der Waals surface area (Å²) in [4.78, 5) is 18.5. The summed E-state index contributed by atoms with van der Waals surface area (Å²) < 4.78 is 5.97. The van der Waals surface area contributed by atoms with E-state index in [2.05, 4.69) is 25.2 Å². The maximum Gasteiger partial charge on any atom is 0.305 e. The smallest absolute Gasteiger partial charge is 0.305 e. The number of aryl methyl sites for hydroxylation is 1. The fraction of sp³-hybridized carbons (Fsp3) is 0.586. The number of fused-ring (bicyclic) bond motifs is 7. The van der Waals surface area contributed by atoms with Crippen molar-refractivity contribution in [3.63, 3.8) is 0 Å². The molecule has 4 aliphatic carbocycles. The van der Waals surface area contributed by atoms with Gasteiger partial charge >= 0.3 is 5.97 Å². The predicted octanol–water partition coefficient (Wildman–Crippen LogP) is 8.04. The molecule has 0 spiro atoms. The highest BCUT2D eigenvalue weighted by atomic mass is 35.5. The largest absolute Gasteiger partial charge is 0.462 e. The van der Waals surface area contributed by atoms with Crippen LogP contribution in [0.25, 0.3) is 5.57 Å². The highest BCUT2D eigenvalue weighted by Crippen LogP contribution is 2.66. The van der Waals surface area contributed by atoms with E-state index >= 15 is 0 Å². The SMILES string of the molecule is CCC(=O)O[C@H]1CC[C@H]2[C@@H]3CC=C4c5sc(Nc6ccc(Cl)cc6)nc5CC[C@]4(C)[C@H]3CC[C@]12C. The third-order valence-corrected chi connectivity index (χ3v) is 11.2. The zero-order chi connectivity index (χ0) is 24.4. The summed E-state index contributed by atoms with van der Waals surface area (Å²) in [6.45, 7) is 6.83. The highest BCUT2D eigenvalue weighted by molar-refractivity contribution is 7.16. The highest BCUT2D eigenvalue weighted by Gasteiger charge is 2.60. The zero-order valence-electron chi connectivity index (χ0n) is 20.9. The Bertz CT molecular complexity index is 1170. The maximum absolute atomic E-state index is 12.1. The molecule has 2 saturated carbocycles. The first-order valence-electron chi connectivity index (χ1n) is 13.2. The Balaban J connectivity index is 1.27. The number of esters is 1. The molecule has 1 aromatic heterocycles. The number of nitrogens with zero attached hydrogens (tertiary/aromatic N) is 1. The Morgan fingerprint density at radius 3 is 2.74 bits per heavy atom. The summed E-state index contributed by atoms with van der Waals surface area (Å²) >= 11 is 7.86. The van der Waals surface area contributed by atoms with E-state index in [-0.39, 0.29) is 22.9 Å². The second-order valence-electron chi connectivity index (χ2n) is 11.5. The fourth-order valence-corrected chi connectivity index (χ4v) is 9.31. The van der Waals surface area contributed by atoms with E-state index in [1.54, 1.807) is 11.3 Å². The van der Waals surface area contributed by atoms with Gasteiger partial charge in [-0.05, 0) is 98.0 Å². The summed E-state index contributed by atoms with van der Waals surface area (Å²) in [5.41, 5.74) is 4.15. The van der Waals surface area contributed by atoms with Crippen molar-refractivity contribution in [1.82, 2.24) is 4.98 Å². The molecule has 1 aromatic carbocycles. The quantitative estimate of drug-likeness (QED) is 0.423. The van der Waals surface area contributed by atoms with Crippen LogP contribution in [-0.4, -0.2) is 17.1 Å². The van der Waals surface area contributed by atoms with E-state index in [9.17, 15) is 4.79 Å². The molecule has 2 fully saturated rings. The van der Waals surface area contributed by atoms with Crippen LogP contribution < -0.4 is 5.32 Å². The van der Waals surface area contributed by atoms with Crippen molar-refractivity contribution in [1.29, 1.82) is 0 Å². The van der Waals surface area contributed by atoms with Gasteiger partial charge in [0.2, 0.25) is 0 Å². The molecule has 0 aliphatic heterocycles. The number of hydrogen-bond donors (Lipinski definition) is 1. The summed E-state index contributed by atoms with van der Waals surface area (Å²) in [5, 5.41) is 5.21. The van der Waals surface area contributed by atoms with Crippen molar-refractivity contribution in [2.75, 3.05) is 5.32 Å². The molecule has 0 bridgehead atoms. The minimum Gasteiger partial charge on any atom is -0.462 e. The second-order valence-corrected chi connectivity index (χ2v) is 13.0. The van der Waals surface area contributed by atoms with Gasteiger partial charge in [-0.3, -0.25) is 4.79 Å². The van der Waals surface area contributed by atoms with Gasteiger partial charge in [0.15, 0.2) is 5.13 Å². The van der Waals surface area contributed by atoms with E-state index in [0.717, 1.165) is 35.1 Å². The Morgan fingerprint density at radius 1 is 1.17 bits per heavy atom. The van der Waals surface area contributed by atoms with Gasteiger partial charge in [-0.2, -0.15) is 0 Å². The van der Waals surface area contributed by atoms with E-state index in [4.69, 9.17) is 21.3 Å².